The Hall–Kier alpha value is -3.49. The van der Waals surface area contributed by atoms with Crippen LogP contribution in [0.1, 0.15) is 32.1 Å². The number of aromatic nitrogens is 4. The van der Waals surface area contributed by atoms with Gasteiger partial charge in [0.25, 0.3) is 5.89 Å². The van der Waals surface area contributed by atoms with E-state index in [4.69, 9.17) is 9.26 Å². The largest absolute Gasteiger partial charge is 0.488 e. The molecule has 0 radical (unpaired) electrons. The second-order valence-corrected chi connectivity index (χ2v) is 7.92. The van der Waals surface area contributed by atoms with Crippen LogP contribution in [-0.4, -0.2) is 56.3 Å². The zero-order valence-electron chi connectivity index (χ0n) is 17.1. The number of nitrogens with zero attached hydrogens (tertiary/aromatic N) is 5. The van der Waals surface area contributed by atoms with Crippen molar-refractivity contribution in [3.05, 3.63) is 42.9 Å². The topological polar surface area (TPSA) is 106 Å². The summed E-state index contributed by atoms with van der Waals surface area (Å²) in [6.45, 7) is 1.24. The minimum absolute atomic E-state index is 0.0109. The monoisotopic (exact) mass is 420 g/mol. The van der Waals surface area contributed by atoms with Gasteiger partial charge >= 0.3 is 6.03 Å². The first-order chi connectivity index (χ1) is 15.3. The molecule has 1 aliphatic heterocycles. The van der Waals surface area contributed by atoms with Gasteiger partial charge in [0.1, 0.15) is 17.5 Å². The quantitative estimate of drug-likeness (QED) is 0.675. The molecule has 1 aliphatic carbocycles. The van der Waals surface area contributed by atoms with E-state index >= 15 is 0 Å². The number of hydrogen-bond donors (Lipinski definition) is 1. The highest BCUT2D eigenvalue weighted by atomic mass is 16.5. The molecule has 1 N–H and O–H groups in total. The molecule has 1 unspecified atom stereocenters. The third kappa shape index (κ3) is 4.35. The number of likely N-dealkylation sites (tertiary alicyclic amines) is 1. The van der Waals surface area contributed by atoms with Crippen LogP contribution in [0.25, 0.3) is 23.0 Å². The SMILES string of the molecule is O=C(NC1CCCC1)N1CCC(Oc2ccccc2-c2nc(-c3cnccn3)no2)C1. The maximum absolute atomic E-state index is 12.5. The lowest BCUT2D eigenvalue weighted by Gasteiger charge is -2.21. The van der Waals surface area contributed by atoms with Crippen molar-refractivity contribution in [3.63, 3.8) is 0 Å². The summed E-state index contributed by atoms with van der Waals surface area (Å²) < 4.78 is 11.7. The van der Waals surface area contributed by atoms with E-state index in [1.807, 2.05) is 29.2 Å². The number of carbonyl (C=O) groups is 1. The molecule has 0 spiro atoms. The molecule has 1 atom stereocenters. The van der Waals surface area contributed by atoms with E-state index in [0.717, 1.165) is 19.3 Å². The molecule has 5 rings (SSSR count). The van der Waals surface area contributed by atoms with Crippen molar-refractivity contribution in [2.24, 2.45) is 0 Å². The van der Waals surface area contributed by atoms with Crippen LogP contribution in [0.5, 0.6) is 5.75 Å². The number of hydrogen-bond acceptors (Lipinski definition) is 7. The standard InChI is InChI=1S/C22H24N6O3/c29-22(25-15-5-1-2-6-15)28-12-9-16(14-28)30-19-8-4-3-7-17(19)21-26-20(27-31-21)18-13-23-10-11-24-18/h3-4,7-8,10-11,13,15-16H,1-2,5-6,9,12,14H2,(H,25,29). The predicted octanol–water partition coefficient (Wildman–Crippen LogP) is 3.30. The van der Waals surface area contributed by atoms with Crippen molar-refractivity contribution in [3.8, 4) is 28.7 Å². The fourth-order valence-corrected chi connectivity index (χ4v) is 4.12. The van der Waals surface area contributed by atoms with Gasteiger partial charge in [-0.25, -0.2) is 9.78 Å². The second kappa shape index (κ2) is 8.71. The molecule has 31 heavy (non-hydrogen) atoms. The van der Waals surface area contributed by atoms with Crippen molar-refractivity contribution in [1.82, 2.24) is 30.3 Å². The fourth-order valence-electron chi connectivity index (χ4n) is 4.12. The van der Waals surface area contributed by atoms with Crippen LogP contribution < -0.4 is 10.1 Å². The first-order valence-electron chi connectivity index (χ1n) is 10.7. The van der Waals surface area contributed by atoms with E-state index in [9.17, 15) is 4.79 Å². The number of urea groups is 1. The minimum Gasteiger partial charge on any atom is -0.488 e. The molecule has 160 valence electrons. The lowest BCUT2D eigenvalue weighted by atomic mass is 10.2. The Morgan fingerprint density at radius 2 is 2.03 bits per heavy atom. The molecule has 3 aromatic rings. The summed E-state index contributed by atoms with van der Waals surface area (Å²) in [5.41, 5.74) is 1.25. The van der Waals surface area contributed by atoms with E-state index in [2.05, 4.69) is 25.4 Å². The van der Waals surface area contributed by atoms with Gasteiger partial charge in [-0.05, 0) is 25.0 Å². The molecule has 2 fully saturated rings. The van der Waals surface area contributed by atoms with Crippen LogP contribution in [-0.2, 0) is 0 Å². The summed E-state index contributed by atoms with van der Waals surface area (Å²) in [7, 11) is 0. The highest BCUT2D eigenvalue weighted by Gasteiger charge is 2.30. The average molecular weight is 420 g/mol. The van der Waals surface area contributed by atoms with Crippen LogP contribution in [0.3, 0.4) is 0 Å². The Kier molecular flexibility index (Phi) is 5.47. The van der Waals surface area contributed by atoms with Gasteiger partial charge in [0.2, 0.25) is 5.82 Å². The van der Waals surface area contributed by atoms with Crippen molar-refractivity contribution in [2.75, 3.05) is 13.1 Å². The van der Waals surface area contributed by atoms with Crippen LogP contribution in [0.4, 0.5) is 4.79 Å². The van der Waals surface area contributed by atoms with E-state index in [1.165, 1.54) is 12.8 Å². The van der Waals surface area contributed by atoms with Gasteiger partial charge in [0, 0.05) is 31.4 Å². The fraction of sp³-hybridized carbons (Fsp3) is 0.409. The molecular formula is C22H24N6O3. The van der Waals surface area contributed by atoms with Gasteiger partial charge in [-0.2, -0.15) is 4.98 Å². The Morgan fingerprint density at radius 1 is 1.16 bits per heavy atom. The first-order valence-corrected chi connectivity index (χ1v) is 10.7. The molecule has 1 aromatic carbocycles. The lowest BCUT2D eigenvalue weighted by molar-refractivity contribution is 0.184. The van der Waals surface area contributed by atoms with Gasteiger partial charge < -0.3 is 19.5 Å². The van der Waals surface area contributed by atoms with Gasteiger partial charge in [-0.3, -0.25) is 4.98 Å². The van der Waals surface area contributed by atoms with Crippen LogP contribution in [0.2, 0.25) is 0 Å². The normalized spacial score (nSPS) is 19.0. The smallest absolute Gasteiger partial charge is 0.317 e. The van der Waals surface area contributed by atoms with E-state index in [-0.39, 0.29) is 12.1 Å². The average Bonchev–Trinajstić information content (AvgIpc) is 3.57. The summed E-state index contributed by atoms with van der Waals surface area (Å²) in [4.78, 5) is 27.1. The number of rotatable bonds is 5. The number of amides is 2. The zero-order valence-corrected chi connectivity index (χ0v) is 17.1. The first kappa shape index (κ1) is 19.5. The van der Waals surface area contributed by atoms with Crippen LogP contribution >= 0.6 is 0 Å². The van der Waals surface area contributed by atoms with Gasteiger partial charge in [0.05, 0.1) is 18.3 Å². The summed E-state index contributed by atoms with van der Waals surface area (Å²) in [5, 5.41) is 7.16. The molecule has 2 aliphatic rings. The number of nitrogens with one attached hydrogen (secondary N) is 1. The molecule has 2 amide bonds. The number of benzene rings is 1. The summed E-state index contributed by atoms with van der Waals surface area (Å²) in [5.74, 6) is 1.37. The predicted molar refractivity (Wildman–Crippen MR) is 112 cm³/mol. The van der Waals surface area contributed by atoms with Crippen molar-refractivity contribution in [2.45, 2.75) is 44.2 Å². The van der Waals surface area contributed by atoms with Gasteiger partial charge in [-0.15, -0.1) is 0 Å². The van der Waals surface area contributed by atoms with Gasteiger partial charge in [0.15, 0.2) is 0 Å². The number of ether oxygens (including phenoxy) is 1. The number of carbonyl (C=O) groups excluding carboxylic acids is 1. The molecule has 2 aromatic heterocycles. The Morgan fingerprint density at radius 3 is 2.87 bits per heavy atom. The van der Waals surface area contributed by atoms with E-state index in [0.29, 0.717) is 47.9 Å². The Bertz CT molecular complexity index is 1030. The lowest BCUT2D eigenvalue weighted by Crippen LogP contribution is -2.43. The number of para-hydroxylation sites is 1. The maximum atomic E-state index is 12.5. The van der Waals surface area contributed by atoms with E-state index in [1.54, 1.807) is 18.6 Å². The van der Waals surface area contributed by atoms with Crippen molar-refractivity contribution in [1.29, 1.82) is 0 Å². The zero-order chi connectivity index (χ0) is 21.0. The molecule has 3 heterocycles. The third-order valence-electron chi connectivity index (χ3n) is 5.74. The van der Waals surface area contributed by atoms with Crippen molar-refractivity contribution >= 4 is 6.03 Å². The Labute approximate surface area is 179 Å². The van der Waals surface area contributed by atoms with Gasteiger partial charge in [-0.1, -0.05) is 30.1 Å². The molecular weight excluding hydrogens is 396 g/mol. The highest BCUT2D eigenvalue weighted by Crippen LogP contribution is 2.31. The minimum atomic E-state index is -0.0853. The second-order valence-electron chi connectivity index (χ2n) is 7.92. The molecule has 0 bridgehead atoms. The molecule has 9 heteroatoms. The summed E-state index contributed by atoms with van der Waals surface area (Å²) in [6, 6.07) is 7.87. The molecule has 1 saturated heterocycles. The maximum Gasteiger partial charge on any atom is 0.317 e. The summed E-state index contributed by atoms with van der Waals surface area (Å²) in [6.07, 6.45) is 9.99. The molecule has 1 saturated carbocycles. The highest BCUT2D eigenvalue weighted by molar-refractivity contribution is 5.75. The van der Waals surface area contributed by atoms with E-state index < -0.39 is 0 Å². The summed E-state index contributed by atoms with van der Waals surface area (Å²) >= 11 is 0. The molecule has 9 nitrogen and oxygen atoms in total. The van der Waals surface area contributed by atoms with Crippen LogP contribution in [0, 0.1) is 0 Å². The van der Waals surface area contributed by atoms with Crippen LogP contribution in [0.15, 0.2) is 47.4 Å². The van der Waals surface area contributed by atoms with Crippen molar-refractivity contribution < 1.29 is 14.1 Å². The third-order valence-corrected chi connectivity index (χ3v) is 5.74. The Balaban J connectivity index is 1.26.